The molecule has 2 aromatic rings. The maximum atomic E-state index is 12.1. The number of aliphatic hydroxyl groups excluding tert-OH is 1. The Bertz CT molecular complexity index is 686. The standard InChI is InChI=1S/C18H22O3S/c1-2-3-14-22(20,21)18-10-8-17(9-11-18)16-6-4-15(5-7-16)12-13-19/h4-11,19H,2-3,12-14H2,1H3. The Morgan fingerprint density at radius 3 is 1.95 bits per heavy atom. The first-order valence-corrected chi connectivity index (χ1v) is 9.25. The molecule has 0 heterocycles. The maximum Gasteiger partial charge on any atom is 0.178 e. The summed E-state index contributed by atoms with van der Waals surface area (Å²) in [5.41, 5.74) is 3.12. The van der Waals surface area contributed by atoms with Crippen molar-refractivity contribution in [3.63, 3.8) is 0 Å². The quantitative estimate of drug-likeness (QED) is 0.850. The van der Waals surface area contributed by atoms with Gasteiger partial charge in [0.15, 0.2) is 9.84 Å². The monoisotopic (exact) mass is 318 g/mol. The smallest absolute Gasteiger partial charge is 0.178 e. The van der Waals surface area contributed by atoms with Gasteiger partial charge in [-0.15, -0.1) is 0 Å². The predicted molar refractivity (Wildman–Crippen MR) is 89.6 cm³/mol. The van der Waals surface area contributed by atoms with Crippen molar-refractivity contribution in [3.8, 4) is 11.1 Å². The SMILES string of the molecule is CCCCS(=O)(=O)c1ccc(-c2ccc(CCO)cc2)cc1. The normalized spacial score (nSPS) is 11.5. The maximum absolute atomic E-state index is 12.1. The molecular formula is C18H22O3S. The average molecular weight is 318 g/mol. The van der Waals surface area contributed by atoms with Crippen molar-refractivity contribution in [3.05, 3.63) is 54.1 Å². The molecule has 22 heavy (non-hydrogen) atoms. The Hall–Kier alpha value is -1.65. The number of unbranched alkanes of at least 4 members (excludes halogenated alkanes) is 1. The minimum atomic E-state index is -3.16. The highest BCUT2D eigenvalue weighted by atomic mass is 32.2. The van der Waals surface area contributed by atoms with Gasteiger partial charge in [-0.3, -0.25) is 0 Å². The number of hydrogen-bond donors (Lipinski definition) is 1. The first-order valence-electron chi connectivity index (χ1n) is 7.60. The molecule has 0 amide bonds. The van der Waals surface area contributed by atoms with Gasteiger partial charge in [-0.05, 0) is 41.7 Å². The number of sulfone groups is 1. The van der Waals surface area contributed by atoms with Gasteiger partial charge in [-0.1, -0.05) is 49.7 Å². The van der Waals surface area contributed by atoms with Gasteiger partial charge in [0, 0.05) is 6.61 Å². The van der Waals surface area contributed by atoms with Crippen LogP contribution in [-0.2, 0) is 16.3 Å². The largest absolute Gasteiger partial charge is 0.396 e. The first kappa shape index (κ1) is 16.7. The van der Waals surface area contributed by atoms with Crippen LogP contribution in [0, 0.1) is 0 Å². The lowest BCUT2D eigenvalue weighted by molar-refractivity contribution is 0.299. The molecule has 0 atom stereocenters. The lowest BCUT2D eigenvalue weighted by atomic mass is 10.0. The summed E-state index contributed by atoms with van der Waals surface area (Å²) in [5, 5.41) is 8.92. The van der Waals surface area contributed by atoms with Crippen LogP contribution in [0.25, 0.3) is 11.1 Å². The van der Waals surface area contributed by atoms with E-state index in [9.17, 15) is 8.42 Å². The molecule has 0 saturated carbocycles. The molecule has 0 unspecified atom stereocenters. The highest BCUT2D eigenvalue weighted by Gasteiger charge is 2.13. The highest BCUT2D eigenvalue weighted by molar-refractivity contribution is 7.91. The Morgan fingerprint density at radius 1 is 0.909 bits per heavy atom. The van der Waals surface area contributed by atoms with Crippen LogP contribution in [0.5, 0.6) is 0 Å². The van der Waals surface area contributed by atoms with E-state index in [2.05, 4.69) is 0 Å². The van der Waals surface area contributed by atoms with Crippen LogP contribution in [0.1, 0.15) is 25.3 Å². The third-order valence-electron chi connectivity index (χ3n) is 3.67. The summed E-state index contributed by atoms with van der Waals surface area (Å²) in [4.78, 5) is 0.390. The summed E-state index contributed by atoms with van der Waals surface area (Å²) in [6, 6.07) is 15.0. The molecule has 3 nitrogen and oxygen atoms in total. The molecule has 118 valence electrons. The Morgan fingerprint density at radius 2 is 1.45 bits per heavy atom. The fraction of sp³-hybridized carbons (Fsp3) is 0.333. The summed E-state index contributed by atoms with van der Waals surface area (Å²) >= 11 is 0. The molecule has 0 fully saturated rings. The number of aliphatic hydroxyl groups is 1. The average Bonchev–Trinajstić information content (AvgIpc) is 2.54. The van der Waals surface area contributed by atoms with Crippen molar-refractivity contribution < 1.29 is 13.5 Å². The summed E-state index contributed by atoms with van der Waals surface area (Å²) in [6.07, 6.45) is 2.21. The van der Waals surface area contributed by atoms with E-state index in [-0.39, 0.29) is 12.4 Å². The van der Waals surface area contributed by atoms with Crippen molar-refractivity contribution >= 4 is 9.84 Å². The van der Waals surface area contributed by atoms with Gasteiger partial charge in [-0.25, -0.2) is 8.42 Å². The van der Waals surface area contributed by atoms with Gasteiger partial charge in [0.1, 0.15) is 0 Å². The van der Waals surface area contributed by atoms with Gasteiger partial charge >= 0.3 is 0 Å². The van der Waals surface area contributed by atoms with E-state index in [0.717, 1.165) is 23.1 Å². The Balaban J connectivity index is 2.18. The van der Waals surface area contributed by atoms with E-state index in [1.165, 1.54) is 0 Å². The van der Waals surface area contributed by atoms with Crippen LogP contribution >= 0.6 is 0 Å². The number of hydrogen-bond acceptors (Lipinski definition) is 3. The second kappa shape index (κ2) is 7.56. The molecule has 0 aliphatic carbocycles. The Kier molecular flexibility index (Phi) is 5.75. The summed E-state index contributed by atoms with van der Waals surface area (Å²) in [6.45, 7) is 2.13. The third kappa shape index (κ3) is 4.18. The molecule has 2 aromatic carbocycles. The molecule has 1 N–H and O–H groups in total. The van der Waals surface area contributed by atoms with Crippen molar-refractivity contribution in [2.45, 2.75) is 31.1 Å². The van der Waals surface area contributed by atoms with Gasteiger partial charge < -0.3 is 5.11 Å². The van der Waals surface area contributed by atoms with Crippen LogP contribution in [0.2, 0.25) is 0 Å². The van der Waals surface area contributed by atoms with E-state index < -0.39 is 9.84 Å². The number of benzene rings is 2. The van der Waals surface area contributed by atoms with Crippen LogP contribution in [0.15, 0.2) is 53.4 Å². The second-order valence-electron chi connectivity index (χ2n) is 5.37. The van der Waals surface area contributed by atoms with Crippen LogP contribution in [-0.4, -0.2) is 25.9 Å². The van der Waals surface area contributed by atoms with Crippen LogP contribution < -0.4 is 0 Å². The second-order valence-corrected chi connectivity index (χ2v) is 7.48. The highest BCUT2D eigenvalue weighted by Crippen LogP contribution is 2.22. The lowest BCUT2D eigenvalue weighted by Gasteiger charge is -2.07. The van der Waals surface area contributed by atoms with E-state index in [0.29, 0.717) is 17.7 Å². The summed E-state index contributed by atoms with van der Waals surface area (Å²) in [5.74, 6) is 0.207. The predicted octanol–water partition coefficient (Wildman–Crippen LogP) is 3.46. The van der Waals surface area contributed by atoms with Crippen molar-refractivity contribution in [1.82, 2.24) is 0 Å². The molecule has 0 saturated heterocycles. The number of rotatable bonds is 7. The minimum Gasteiger partial charge on any atom is -0.396 e. The fourth-order valence-electron chi connectivity index (χ4n) is 2.30. The molecule has 0 spiro atoms. The van der Waals surface area contributed by atoms with E-state index in [4.69, 9.17) is 5.11 Å². The molecule has 0 radical (unpaired) electrons. The van der Waals surface area contributed by atoms with Gasteiger partial charge in [0.2, 0.25) is 0 Å². The molecule has 2 rings (SSSR count). The zero-order valence-electron chi connectivity index (χ0n) is 12.8. The Labute approximate surface area is 132 Å². The van der Waals surface area contributed by atoms with E-state index in [1.54, 1.807) is 12.1 Å². The molecule has 0 aromatic heterocycles. The first-order chi connectivity index (χ1) is 10.6. The molecule has 0 aliphatic rings. The fourth-order valence-corrected chi connectivity index (χ4v) is 3.76. The molecule has 4 heteroatoms. The zero-order valence-corrected chi connectivity index (χ0v) is 13.6. The summed E-state index contributed by atoms with van der Waals surface area (Å²) in [7, 11) is -3.16. The van der Waals surface area contributed by atoms with E-state index in [1.807, 2.05) is 43.3 Å². The lowest BCUT2D eigenvalue weighted by Crippen LogP contribution is -2.06. The van der Waals surface area contributed by atoms with E-state index >= 15 is 0 Å². The topological polar surface area (TPSA) is 54.4 Å². The van der Waals surface area contributed by atoms with Gasteiger partial charge in [0.05, 0.1) is 10.6 Å². The van der Waals surface area contributed by atoms with Crippen molar-refractivity contribution in [2.24, 2.45) is 0 Å². The zero-order chi connectivity index (χ0) is 16.0. The van der Waals surface area contributed by atoms with Crippen molar-refractivity contribution in [2.75, 3.05) is 12.4 Å². The molecule has 0 bridgehead atoms. The van der Waals surface area contributed by atoms with Gasteiger partial charge in [0.25, 0.3) is 0 Å². The van der Waals surface area contributed by atoms with Crippen LogP contribution in [0.4, 0.5) is 0 Å². The third-order valence-corrected chi connectivity index (χ3v) is 5.48. The van der Waals surface area contributed by atoms with Crippen molar-refractivity contribution in [1.29, 1.82) is 0 Å². The summed E-state index contributed by atoms with van der Waals surface area (Å²) < 4.78 is 24.3. The molecule has 0 aliphatic heterocycles. The molecular weight excluding hydrogens is 296 g/mol. The van der Waals surface area contributed by atoms with Crippen LogP contribution in [0.3, 0.4) is 0 Å². The van der Waals surface area contributed by atoms with Gasteiger partial charge in [-0.2, -0.15) is 0 Å². The minimum absolute atomic E-state index is 0.143.